The molecule has 1 aromatic carbocycles. The van der Waals surface area contributed by atoms with E-state index in [1.807, 2.05) is 18.2 Å². The van der Waals surface area contributed by atoms with E-state index in [0.717, 1.165) is 28.0 Å². The molecule has 0 aliphatic carbocycles. The number of anilines is 1. The fourth-order valence-electron chi connectivity index (χ4n) is 3.77. The van der Waals surface area contributed by atoms with E-state index in [0.29, 0.717) is 18.6 Å². The Morgan fingerprint density at radius 1 is 1.40 bits per heavy atom. The Morgan fingerprint density at radius 2 is 2.05 bits per heavy atom. The second kappa shape index (κ2) is 5.48. The Hall–Kier alpha value is -0.290. The Balaban J connectivity index is 1.81. The first kappa shape index (κ1) is 14.6. The van der Waals surface area contributed by atoms with Gasteiger partial charge in [0.1, 0.15) is 0 Å². The maximum atomic E-state index is 6.13. The highest BCUT2D eigenvalue weighted by Gasteiger charge is 2.46. The summed E-state index contributed by atoms with van der Waals surface area (Å²) in [6.45, 7) is 0.675. The van der Waals surface area contributed by atoms with E-state index in [1.165, 1.54) is 12.8 Å². The number of halogens is 2. The van der Waals surface area contributed by atoms with E-state index < -0.39 is 0 Å². The van der Waals surface area contributed by atoms with Crippen molar-refractivity contribution in [2.45, 2.75) is 43.3 Å². The number of hydrogen-bond acceptors (Lipinski definition) is 3. The van der Waals surface area contributed by atoms with E-state index in [1.54, 1.807) is 0 Å². The summed E-state index contributed by atoms with van der Waals surface area (Å²) in [6.07, 6.45) is 4.84. The van der Waals surface area contributed by atoms with Crippen LogP contribution in [0.15, 0.2) is 22.7 Å². The van der Waals surface area contributed by atoms with Gasteiger partial charge in [0.15, 0.2) is 0 Å². The molecule has 2 aliphatic heterocycles. The van der Waals surface area contributed by atoms with Crippen LogP contribution >= 0.6 is 27.5 Å². The minimum absolute atomic E-state index is 0.0195. The predicted molar refractivity (Wildman–Crippen MR) is 88.4 cm³/mol. The van der Waals surface area contributed by atoms with Crippen molar-refractivity contribution >= 4 is 33.2 Å². The first-order chi connectivity index (χ1) is 9.53. The zero-order chi connectivity index (χ0) is 14.3. The zero-order valence-electron chi connectivity index (χ0n) is 11.7. The van der Waals surface area contributed by atoms with Crippen LogP contribution in [0, 0.1) is 0 Å². The largest absolute Gasteiger partial charge is 0.378 e. The Labute approximate surface area is 134 Å². The van der Waals surface area contributed by atoms with E-state index in [4.69, 9.17) is 17.3 Å². The normalized spacial score (nSPS) is 33.4. The number of rotatable bonds is 3. The molecule has 3 N–H and O–H groups in total. The third kappa shape index (κ3) is 2.59. The number of nitrogens with one attached hydrogen (secondary N) is 1. The van der Waals surface area contributed by atoms with Crippen LogP contribution in [0.1, 0.15) is 25.7 Å². The first-order valence-electron chi connectivity index (χ1n) is 7.18. The topological polar surface area (TPSA) is 41.3 Å². The molecule has 3 nitrogen and oxygen atoms in total. The fourth-order valence-corrected chi connectivity index (χ4v) is 4.26. The minimum Gasteiger partial charge on any atom is -0.378 e. The molecule has 110 valence electrons. The van der Waals surface area contributed by atoms with Gasteiger partial charge in [0.2, 0.25) is 0 Å². The second-order valence-electron chi connectivity index (χ2n) is 6.20. The summed E-state index contributed by atoms with van der Waals surface area (Å²) in [7, 11) is 2.25. The van der Waals surface area contributed by atoms with Gasteiger partial charge < -0.3 is 16.0 Å². The summed E-state index contributed by atoms with van der Waals surface area (Å²) in [5, 5.41) is 4.43. The fraction of sp³-hybridized carbons (Fsp3) is 0.600. The van der Waals surface area contributed by atoms with Crippen LogP contribution in [0.5, 0.6) is 0 Å². The summed E-state index contributed by atoms with van der Waals surface area (Å²) in [5.74, 6) is 0. The summed E-state index contributed by atoms with van der Waals surface area (Å²) in [4.78, 5) is 2.54. The molecule has 2 fully saturated rings. The Morgan fingerprint density at radius 3 is 2.60 bits per heavy atom. The number of nitrogens with two attached hydrogens (primary N) is 1. The van der Waals surface area contributed by atoms with E-state index in [-0.39, 0.29) is 5.54 Å². The molecule has 1 aromatic rings. The van der Waals surface area contributed by atoms with Gasteiger partial charge in [-0.2, -0.15) is 0 Å². The lowest BCUT2D eigenvalue weighted by molar-refractivity contribution is 0.127. The maximum absolute atomic E-state index is 6.13. The van der Waals surface area contributed by atoms with Gasteiger partial charge in [0, 0.05) is 28.8 Å². The lowest BCUT2D eigenvalue weighted by atomic mass is 9.82. The molecular formula is C15H21BrClN3. The number of benzene rings is 1. The highest BCUT2D eigenvalue weighted by molar-refractivity contribution is 9.10. The van der Waals surface area contributed by atoms with Gasteiger partial charge >= 0.3 is 0 Å². The van der Waals surface area contributed by atoms with Crippen molar-refractivity contribution in [3.05, 3.63) is 27.7 Å². The summed E-state index contributed by atoms with van der Waals surface area (Å²) >= 11 is 9.55. The van der Waals surface area contributed by atoms with E-state index >= 15 is 0 Å². The molecule has 0 amide bonds. The van der Waals surface area contributed by atoms with Crippen molar-refractivity contribution in [3.63, 3.8) is 0 Å². The van der Waals surface area contributed by atoms with Crippen LogP contribution in [-0.4, -0.2) is 36.1 Å². The molecule has 0 radical (unpaired) electrons. The molecular weight excluding hydrogens is 338 g/mol. The molecule has 0 saturated carbocycles. The highest BCUT2D eigenvalue weighted by Crippen LogP contribution is 2.41. The number of nitrogens with zero attached hydrogens (tertiary/aromatic N) is 1. The molecule has 3 rings (SSSR count). The molecule has 0 aromatic heterocycles. The molecule has 2 saturated heterocycles. The van der Waals surface area contributed by atoms with Gasteiger partial charge in [0.05, 0.1) is 10.6 Å². The number of fused-ring (bicyclic) bond motifs is 2. The summed E-state index contributed by atoms with van der Waals surface area (Å²) in [6, 6.07) is 7.33. The van der Waals surface area contributed by atoms with Crippen molar-refractivity contribution < 1.29 is 0 Å². The van der Waals surface area contributed by atoms with Crippen molar-refractivity contribution in [1.82, 2.24) is 4.90 Å². The van der Waals surface area contributed by atoms with Gasteiger partial charge in [-0.05, 0) is 66.9 Å². The monoisotopic (exact) mass is 357 g/mol. The molecule has 2 heterocycles. The molecule has 5 heteroatoms. The SMILES string of the molecule is CN1C2CCC1CC(CN)(Nc1ccc(Cl)c(Br)c1)C2. The van der Waals surface area contributed by atoms with Crippen LogP contribution in [0.4, 0.5) is 5.69 Å². The first-order valence-corrected chi connectivity index (χ1v) is 8.35. The van der Waals surface area contributed by atoms with Crippen LogP contribution in [0.2, 0.25) is 5.02 Å². The van der Waals surface area contributed by atoms with Gasteiger partial charge in [-0.15, -0.1) is 0 Å². The third-order valence-corrected chi connectivity index (χ3v) is 6.17. The van der Waals surface area contributed by atoms with Gasteiger partial charge in [-0.1, -0.05) is 11.6 Å². The van der Waals surface area contributed by atoms with E-state index in [2.05, 4.69) is 33.2 Å². The third-order valence-electron chi connectivity index (χ3n) is 4.96. The van der Waals surface area contributed by atoms with Crippen LogP contribution < -0.4 is 11.1 Å². The average molecular weight is 359 g/mol. The lowest BCUT2D eigenvalue weighted by Crippen LogP contribution is -2.57. The van der Waals surface area contributed by atoms with Crippen molar-refractivity contribution in [2.75, 3.05) is 18.9 Å². The van der Waals surface area contributed by atoms with Crippen LogP contribution in [0.25, 0.3) is 0 Å². The lowest BCUT2D eigenvalue weighted by Gasteiger charge is -2.46. The second-order valence-corrected chi connectivity index (χ2v) is 7.46. The average Bonchev–Trinajstić information content (AvgIpc) is 2.65. The number of piperidine rings is 1. The predicted octanol–water partition coefficient (Wildman–Crippen LogP) is 3.47. The quantitative estimate of drug-likeness (QED) is 0.869. The van der Waals surface area contributed by atoms with Crippen LogP contribution in [-0.2, 0) is 0 Å². The molecule has 2 aliphatic rings. The molecule has 2 atom stereocenters. The van der Waals surface area contributed by atoms with Crippen molar-refractivity contribution in [1.29, 1.82) is 0 Å². The highest BCUT2D eigenvalue weighted by atomic mass is 79.9. The molecule has 20 heavy (non-hydrogen) atoms. The van der Waals surface area contributed by atoms with Gasteiger partial charge in [-0.25, -0.2) is 0 Å². The standard InChI is InChI=1S/C15H21BrClN3/c1-20-11-3-4-12(20)8-15(7-11,9-18)19-10-2-5-14(17)13(16)6-10/h2,5-6,11-12,19H,3-4,7-9,18H2,1H3. The van der Waals surface area contributed by atoms with Crippen molar-refractivity contribution in [3.8, 4) is 0 Å². The van der Waals surface area contributed by atoms with Crippen molar-refractivity contribution in [2.24, 2.45) is 5.73 Å². The Kier molecular flexibility index (Phi) is 4.01. The smallest absolute Gasteiger partial charge is 0.0549 e. The molecule has 0 spiro atoms. The molecule has 2 bridgehead atoms. The van der Waals surface area contributed by atoms with Gasteiger partial charge in [-0.3, -0.25) is 0 Å². The van der Waals surface area contributed by atoms with Crippen LogP contribution in [0.3, 0.4) is 0 Å². The minimum atomic E-state index is 0.0195. The van der Waals surface area contributed by atoms with E-state index in [9.17, 15) is 0 Å². The maximum Gasteiger partial charge on any atom is 0.0549 e. The number of hydrogen-bond donors (Lipinski definition) is 2. The molecule has 2 unspecified atom stereocenters. The Bertz CT molecular complexity index is 494. The van der Waals surface area contributed by atoms with Gasteiger partial charge in [0.25, 0.3) is 0 Å². The summed E-state index contributed by atoms with van der Waals surface area (Å²) in [5.41, 5.74) is 7.25. The zero-order valence-corrected chi connectivity index (χ0v) is 14.0. The summed E-state index contributed by atoms with van der Waals surface area (Å²) < 4.78 is 0.923.